The zero-order chi connectivity index (χ0) is 14.8. The number of aryl methyl sites for hydroxylation is 1. The van der Waals surface area contributed by atoms with Gasteiger partial charge in [-0.1, -0.05) is 12.1 Å². The Bertz CT molecular complexity index is 696. The average molecular weight is 277 g/mol. The van der Waals surface area contributed by atoms with Gasteiger partial charge < -0.3 is 10.6 Å². The fourth-order valence-corrected chi connectivity index (χ4v) is 2.66. The van der Waals surface area contributed by atoms with E-state index in [1.807, 2.05) is 31.2 Å². The third-order valence-corrected chi connectivity index (χ3v) is 3.95. The van der Waals surface area contributed by atoms with Crippen molar-refractivity contribution in [3.05, 3.63) is 59.2 Å². The van der Waals surface area contributed by atoms with Gasteiger partial charge in [-0.05, 0) is 61.2 Å². The Morgan fingerprint density at radius 3 is 2.67 bits per heavy atom. The van der Waals surface area contributed by atoms with Crippen LogP contribution in [0.2, 0.25) is 0 Å². The van der Waals surface area contributed by atoms with E-state index < -0.39 is 0 Å². The third-order valence-electron chi connectivity index (χ3n) is 3.95. The highest BCUT2D eigenvalue weighted by Gasteiger charge is 2.29. The van der Waals surface area contributed by atoms with Gasteiger partial charge in [-0.3, -0.25) is 0 Å². The Balaban J connectivity index is 1.88. The van der Waals surface area contributed by atoms with Crippen molar-refractivity contribution in [1.82, 2.24) is 0 Å². The van der Waals surface area contributed by atoms with Crippen LogP contribution in [0.5, 0.6) is 0 Å². The first-order valence-corrected chi connectivity index (χ1v) is 7.29. The van der Waals surface area contributed by atoms with E-state index in [9.17, 15) is 0 Å². The maximum absolute atomic E-state index is 9.06. The van der Waals surface area contributed by atoms with Crippen LogP contribution in [0.4, 0.5) is 11.4 Å². The van der Waals surface area contributed by atoms with Gasteiger partial charge in [0.15, 0.2) is 0 Å². The summed E-state index contributed by atoms with van der Waals surface area (Å²) in [7, 11) is 0. The van der Waals surface area contributed by atoms with Crippen LogP contribution < -0.4 is 10.6 Å². The monoisotopic (exact) mass is 277 g/mol. The summed E-state index contributed by atoms with van der Waals surface area (Å²) in [6, 6.07) is 17.0. The Morgan fingerprint density at radius 2 is 2.05 bits per heavy atom. The first kappa shape index (κ1) is 13.5. The zero-order valence-corrected chi connectivity index (χ0v) is 12.2. The molecule has 3 nitrogen and oxygen atoms in total. The predicted molar refractivity (Wildman–Crippen MR) is 86.0 cm³/mol. The molecule has 3 heteroatoms. The molecule has 1 saturated carbocycles. The molecule has 0 aliphatic heterocycles. The summed E-state index contributed by atoms with van der Waals surface area (Å²) in [6.07, 6.45) is 2.47. The van der Waals surface area contributed by atoms with Gasteiger partial charge in [0, 0.05) is 24.0 Å². The van der Waals surface area contributed by atoms with Crippen LogP contribution in [-0.4, -0.2) is 6.04 Å². The van der Waals surface area contributed by atoms with Gasteiger partial charge >= 0.3 is 0 Å². The molecule has 0 radical (unpaired) electrons. The molecule has 106 valence electrons. The van der Waals surface area contributed by atoms with Crippen LogP contribution in [0.25, 0.3) is 0 Å². The minimum Gasteiger partial charge on any atom is -0.399 e. The van der Waals surface area contributed by atoms with E-state index >= 15 is 0 Å². The van der Waals surface area contributed by atoms with Crippen LogP contribution >= 0.6 is 0 Å². The normalized spacial score (nSPS) is 13.7. The molecule has 21 heavy (non-hydrogen) atoms. The molecule has 3 rings (SSSR count). The van der Waals surface area contributed by atoms with E-state index in [0.29, 0.717) is 6.04 Å². The Hall–Kier alpha value is -2.47. The van der Waals surface area contributed by atoms with E-state index in [1.165, 1.54) is 24.1 Å². The quantitative estimate of drug-likeness (QED) is 0.868. The van der Waals surface area contributed by atoms with Crippen LogP contribution in [0.3, 0.4) is 0 Å². The number of nitriles is 1. The molecule has 2 aromatic carbocycles. The average Bonchev–Trinajstić information content (AvgIpc) is 3.29. The van der Waals surface area contributed by atoms with Crippen LogP contribution in [0.1, 0.15) is 29.5 Å². The lowest BCUT2D eigenvalue weighted by Gasteiger charge is -2.25. The van der Waals surface area contributed by atoms with Gasteiger partial charge in [-0.25, -0.2) is 0 Å². The molecule has 2 aromatic rings. The number of nitrogens with two attached hydrogens (primary N) is 1. The molecule has 2 N–H and O–H groups in total. The number of hydrogen-bond donors (Lipinski definition) is 1. The summed E-state index contributed by atoms with van der Waals surface area (Å²) < 4.78 is 0. The second kappa shape index (κ2) is 5.49. The number of hydrogen-bond acceptors (Lipinski definition) is 3. The minimum atomic E-state index is 0.610. The molecule has 0 spiro atoms. The Labute approximate surface area is 125 Å². The molecule has 0 amide bonds. The highest BCUT2D eigenvalue weighted by molar-refractivity contribution is 5.55. The molecule has 0 unspecified atom stereocenters. The van der Waals surface area contributed by atoms with E-state index in [1.54, 1.807) is 0 Å². The second-order valence-electron chi connectivity index (χ2n) is 5.72. The molecule has 0 aromatic heterocycles. The highest BCUT2D eigenvalue weighted by Crippen LogP contribution is 2.34. The number of nitrogen functional groups attached to an aromatic ring is 1. The van der Waals surface area contributed by atoms with E-state index in [0.717, 1.165) is 23.4 Å². The van der Waals surface area contributed by atoms with Crippen molar-refractivity contribution in [2.45, 2.75) is 32.4 Å². The smallest absolute Gasteiger partial charge is 0.0994 e. The summed E-state index contributed by atoms with van der Waals surface area (Å²) in [6.45, 7) is 2.86. The molecule has 1 aliphatic carbocycles. The first-order chi connectivity index (χ1) is 10.2. The zero-order valence-electron chi connectivity index (χ0n) is 12.2. The highest BCUT2D eigenvalue weighted by atomic mass is 15.2. The van der Waals surface area contributed by atoms with E-state index in [-0.39, 0.29) is 0 Å². The van der Waals surface area contributed by atoms with Crippen LogP contribution in [0, 0.1) is 18.3 Å². The lowest BCUT2D eigenvalue weighted by Crippen LogP contribution is -2.25. The van der Waals surface area contributed by atoms with Gasteiger partial charge in [0.25, 0.3) is 0 Å². The largest absolute Gasteiger partial charge is 0.399 e. The van der Waals surface area contributed by atoms with Crippen molar-refractivity contribution >= 4 is 11.4 Å². The fraction of sp³-hybridized carbons (Fsp3) is 0.278. The van der Waals surface area contributed by atoms with Crippen molar-refractivity contribution < 1.29 is 0 Å². The summed E-state index contributed by atoms with van der Waals surface area (Å²) >= 11 is 0. The molecule has 0 heterocycles. The van der Waals surface area contributed by atoms with Crippen molar-refractivity contribution in [3.63, 3.8) is 0 Å². The van der Waals surface area contributed by atoms with Gasteiger partial charge in [0.2, 0.25) is 0 Å². The van der Waals surface area contributed by atoms with Crippen molar-refractivity contribution in [2.24, 2.45) is 0 Å². The van der Waals surface area contributed by atoms with Crippen LogP contribution in [-0.2, 0) is 6.54 Å². The maximum Gasteiger partial charge on any atom is 0.0994 e. The summed E-state index contributed by atoms with van der Waals surface area (Å²) in [5.41, 5.74) is 10.9. The molecule has 0 saturated heterocycles. The number of rotatable bonds is 4. The third kappa shape index (κ3) is 3.00. The standard InChI is InChI=1S/C18H19N3/c1-13-9-18(6-5-15(13)11-19)21(17-7-8-17)12-14-3-2-4-16(20)10-14/h2-6,9-10,17H,7-8,12,20H2,1H3. The maximum atomic E-state index is 9.06. The first-order valence-electron chi connectivity index (χ1n) is 7.29. The molecular weight excluding hydrogens is 258 g/mol. The molecule has 0 bridgehead atoms. The van der Waals surface area contributed by atoms with E-state index in [2.05, 4.69) is 29.2 Å². The van der Waals surface area contributed by atoms with E-state index in [4.69, 9.17) is 11.0 Å². The predicted octanol–water partition coefficient (Wildman–Crippen LogP) is 3.62. The fourth-order valence-electron chi connectivity index (χ4n) is 2.66. The second-order valence-corrected chi connectivity index (χ2v) is 5.72. The molecule has 1 aliphatic rings. The summed E-state index contributed by atoms with van der Waals surface area (Å²) in [5, 5.41) is 9.06. The lowest BCUT2D eigenvalue weighted by molar-refractivity contribution is 0.794. The lowest BCUT2D eigenvalue weighted by atomic mass is 10.1. The topological polar surface area (TPSA) is 53.0 Å². The van der Waals surface area contributed by atoms with Gasteiger partial charge in [0.1, 0.15) is 0 Å². The van der Waals surface area contributed by atoms with Crippen molar-refractivity contribution in [2.75, 3.05) is 10.6 Å². The van der Waals surface area contributed by atoms with Crippen molar-refractivity contribution in [1.29, 1.82) is 5.26 Å². The van der Waals surface area contributed by atoms with Gasteiger partial charge in [-0.15, -0.1) is 0 Å². The number of benzene rings is 2. The minimum absolute atomic E-state index is 0.610. The summed E-state index contributed by atoms with van der Waals surface area (Å²) in [4.78, 5) is 2.42. The van der Waals surface area contributed by atoms with Crippen molar-refractivity contribution in [3.8, 4) is 6.07 Å². The van der Waals surface area contributed by atoms with Gasteiger partial charge in [-0.2, -0.15) is 5.26 Å². The SMILES string of the molecule is Cc1cc(N(Cc2cccc(N)c2)C2CC2)ccc1C#N. The Morgan fingerprint density at radius 1 is 1.24 bits per heavy atom. The molecule has 0 atom stereocenters. The number of anilines is 2. The van der Waals surface area contributed by atoms with Crippen LogP contribution in [0.15, 0.2) is 42.5 Å². The summed E-state index contributed by atoms with van der Waals surface area (Å²) in [5.74, 6) is 0. The number of nitrogens with zero attached hydrogens (tertiary/aromatic N) is 2. The molecular formula is C18H19N3. The molecule has 1 fully saturated rings. The Kier molecular flexibility index (Phi) is 3.53. The van der Waals surface area contributed by atoms with Gasteiger partial charge in [0.05, 0.1) is 11.6 Å².